The van der Waals surface area contributed by atoms with Crippen LogP contribution in [-0.2, 0) is 0 Å². The van der Waals surface area contributed by atoms with E-state index < -0.39 is 0 Å². The summed E-state index contributed by atoms with van der Waals surface area (Å²) in [6, 6.07) is 10.1. The van der Waals surface area contributed by atoms with Crippen LogP contribution in [0.5, 0.6) is 0 Å². The molecule has 1 heterocycles. The maximum Gasteiger partial charge on any atom is 1.00 e. The van der Waals surface area contributed by atoms with Crippen LogP contribution < -0.4 is 18.9 Å². The first kappa shape index (κ1) is 15.5. The summed E-state index contributed by atoms with van der Waals surface area (Å²) in [5.41, 5.74) is 1.18. The average molecular weight is 229 g/mol. The fourth-order valence-electron chi connectivity index (χ4n) is 1.87. The summed E-state index contributed by atoms with van der Waals surface area (Å²) in [4.78, 5) is 2.28. The van der Waals surface area contributed by atoms with Gasteiger partial charge in [-0.2, -0.15) is 0 Å². The number of benzene rings is 1. The van der Waals surface area contributed by atoms with Crippen LogP contribution in [0.25, 0.3) is 0 Å². The first-order valence-corrected chi connectivity index (χ1v) is 5.94. The Labute approximate surface area is 124 Å². The zero-order chi connectivity index (χ0) is 12.3. The molecule has 3 heteroatoms. The van der Waals surface area contributed by atoms with Gasteiger partial charge in [0.05, 0.1) is 0 Å². The van der Waals surface area contributed by atoms with Crippen LogP contribution in [0.3, 0.4) is 0 Å². The molecule has 0 N–H and O–H groups in total. The van der Waals surface area contributed by atoms with Crippen LogP contribution in [0.1, 0.15) is 26.3 Å². The second-order valence-electron chi connectivity index (χ2n) is 5.19. The molecule has 0 saturated carbocycles. The molecule has 0 aliphatic carbocycles. The van der Waals surface area contributed by atoms with E-state index in [-0.39, 0.29) is 31.2 Å². The van der Waals surface area contributed by atoms with Gasteiger partial charge >= 0.3 is 25.7 Å². The average Bonchev–Trinajstić information content (AvgIpc) is 2.75. The van der Waals surface area contributed by atoms with E-state index in [4.69, 9.17) is 0 Å². The van der Waals surface area contributed by atoms with Crippen LogP contribution in [0, 0.1) is 31.0 Å². The molecule has 1 nitrogen and oxygen atoms in total. The van der Waals surface area contributed by atoms with Crippen molar-refractivity contribution >= 4 is 6.85 Å². The number of rotatable bonds is 0. The molecule has 1 aliphatic rings. The Morgan fingerprint density at radius 2 is 1.78 bits per heavy atom. The van der Waals surface area contributed by atoms with Gasteiger partial charge in [-0.15, -0.1) is 5.82 Å². The molecule has 2 rings (SSSR count). The molecule has 0 amide bonds. The summed E-state index contributed by atoms with van der Waals surface area (Å²) in [5, 5.41) is 0. The minimum atomic E-state index is 0. The van der Waals surface area contributed by atoms with E-state index >= 15 is 0 Å². The molecule has 0 atom stereocenters. The van der Waals surface area contributed by atoms with E-state index in [0.717, 1.165) is 5.56 Å². The summed E-state index contributed by atoms with van der Waals surface area (Å²) < 4.78 is 0. The Kier molecular flexibility index (Phi) is 5.61. The normalized spacial score (nSPS) is 15.8. The van der Waals surface area contributed by atoms with Crippen molar-refractivity contribution in [2.75, 3.05) is 0 Å². The molecule has 3 radical (unpaired) electrons. The van der Waals surface area contributed by atoms with Crippen LogP contribution in [-0.4, -0.2) is 17.2 Å². The summed E-state index contributed by atoms with van der Waals surface area (Å²) in [5.74, 6) is 6.54. The molecule has 0 unspecified atom stereocenters. The predicted octanol–water partition coefficient (Wildman–Crippen LogP) is -0.204. The molecular formula is C15H17BLiN+. The molecule has 1 aromatic carbocycles. The molecule has 18 heavy (non-hydrogen) atoms. The Morgan fingerprint density at radius 3 is 2.39 bits per heavy atom. The van der Waals surface area contributed by atoms with Crippen molar-refractivity contribution in [3.8, 4) is 11.7 Å². The number of nitrogens with zero attached hydrogens (tertiary/aromatic N) is 1. The van der Waals surface area contributed by atoms with Gasteiger partial charge < -0.3 is 4.81 Å². The standard InChI is InChI=1S/C15H17BN.Li/c1-15(2,3)17-13-7-11-16(17)12-10-14-8-5-4-6-9-14;/h4-9,11,13H,1-3H3;/q;+1. The van der Waals surface area contributed by atoms with E-state index in [1.165, 1.54) is 0 Å². The third-order valence-corrected chi connectivity index (χ3v) is 2.75. The molecule has 1 saturated heterocycles. The fraction of sp³-hybridized carbons (Fsp3) is 0.267. The second kappa shape index (κ2) is 6.53. The van der Waals surface area contributed by atoms with Crippen molar-refractivity contribution in [3.63, 3.8) is 0 Å². The van der Waals surface area contributed by atoms with Gasteiger partial charge in [0, 0.05) is 17.6 Å². The first-order chi connectivity index (χ1) is 8.07. The Hall–Kier alpha value is -0.598. The zero-order valence-corrected chi connectivity index (χ0v) is 11.6. The van der Waals surface area contributed by atoms with E-state index in [9.17, 15) is 0 Å². The van der Waals surface area contributed by atoms with Crippen molar-refractivity contribution in [2.45, 2.75) is 26.3 Å². The summed E-state index contributed by atoms with van der Waals surface area (Å²) in [6.07, 6.45) is 4.22. The summed E-state index contributed by atoms with van der Waals surface area (Å²) in [6.45, 7) is 8.91. The molecule has 0 bridgehead atoms. The molecule has 0 aromatic heterocycles. The van der Waals surface area contributed by atoms with Crippen LogP contribution >= 0.6 is 0 Å². The van der Waals surface area contributed by atoms with Crippen LogP contribution in [0.2, 0.25) is 0 Å². The van der Waals surface area contributed by atoms with Crippen molar-refractivity contribution < 1.29 is 18.9 Å². The molecule has 1 fully saturated rings. The fourth-order valence-corrected chi connectivity index (χ4v) is 1.87. The van der Waals surface area contributed by atoms with E-state index in [1.54, 1.807) is 0 Å². The number of hydrogen-bond donors (Lipinski definition) is 0. The van der Waals surface area contributed by atoms with Gasteiger partial charge in [-0.1, -0.05) is 24.1 Å². The van der Waals surface area contributed by atoms with E-state index in [1.807, 2.05) is 30.3 Å². The molecule has 0 spiro atoms. The van der Waals surface area contributed by atoms with Crippen LogP contribution in [0.15, 0.2) is 30.3 Å². The summed E-state index contributed by atoms with van der Waals surface area (Å²) >= 11 is 0. The monoisotopic (exact) mass is 229 g/mol. The largest absolute Gasteiger partial charge is 1.00 e. The van der Waals surface area contributed by atoms with Gasteiger partial charge in [-0.3, -0.25) is 0 Å². The Balaban J connectivity index is 0.00000162. The Bertz CT molecular complexity index is 427. The SMILES string of the molecule is CC(C)(C)N1[CH][CH][CH]B1C#Cc1ccccc1.[Li+]. The smallest absolute Gasteiger partial charge is 0.322 e. The maximum atomic E-state index is 3.31. The quantitative estimate of drug-likeness (QED) is 0.439. The third kappa shape index (κ3) is 3.96. The van der Waals surface area contributed by atoms with Crippen molar-refractivity contribution in [1.82, 2.24) is 4.81 Å². The van der Waals surface area contributed by atoms with Crippen molar-refractivity contribution in [1.29, 1.82) is 0 Å². The second-order valence-corrected chi connectivity index (χ2v) is 5.19. The number of hydrogen-bond acceptors (Lipinski definition) is 1. The minimum absolute atomic E-state index is 0. The van der Waals surface area contributed by atoms with E-state index in [0.29, 0.717) is 0 Å². The molecule has 1 aliphatic heterocycles. The topological polar surface area (TPSA) is 3.24 Å². The zero-order valence-electron chi connectivity index (χ0n) is 11.6. The van der Waals surface area contributed by atoms with Gasteiger partial charge in [-0.25, -0.2) is 0 Å². The predicted molar refractivity (Wildman–Crippen MR) is 73.6 cm³/mol. The summed E-state index contributed by atoms with van der Waals surface area (Å²) in [7, 11) is 0. The molecule has 1 aromatic rings. The van der Waals surface area contributed by atoms with Gasteiger partial charge in [-0.05, 0) is 45.6 Å². The van der Waals surface area contributed by atoms with Gasteiger partial charge in [0.15, 0.2) is 0 Å². The molecule has 85 valence electrons. The Morgan fingerprint density at radius 1 is 1.11 bits per heavy atom. The maximum absolute atomic E-state index is 3.31. The van der Waals surface area contributed by atoms with Crippen LogP contribution in [0.4, 0.5) is 0 Å². The van der Waals surface area contributed by atoms with Gasteiger partial charge in [0.25, 0.3) is 0 Å². The first-order valence-electron chi connectivity index (χ1n) is 5.94. The van der Waals surface area contributed by atoms with E-state index in [2.05, 4.69) is 56.6 Å². The van der Waals surface area contributed by atoms with Gasteiger partial charge in [0.1, 0.15) is 0 Å². The van der Waals surface area contributed by atoms with Crippen molar-refractivity contribution in [2.24, 2.45) is 0 Å². The van der Waals surface area contributed by atoms with Crippen molar-refractivity contribution in [3.05, 3.63) is 55.2 Å². The molecular weight excluding hydrogens is 212 g/mol. The minimum Gasteiger partial charge on any atom is -0.322 e. The third-order valence-electron chi connectivity index (χ3n) is 2.75. The van der Waals surface area contributed by atoms with Gasteiger partial charge in [0.2, 0.25) is 0 Å².